The monoisotopic (exact) mass is 245 g/mol. The van der Waals surface area contributed by atoms with Gasteiger partial charge in [0.15, 0.2) is 5.78 Å². The maximum absolute atomic E-state index is 12.1. The van der Waals surface area contributed by atoms with Crippen molar-refractivity contribution in [3.63, 3.8) is 0 Å². The summed E-state index contributed by atoms with van der Waals surface area (Å²) >= 11 is 0. The molecule has 0 radical (unpaired) electrons. The van der Waals surface area contributed by atoms with E-state index >= 15 is 0 Å². The molecule has 0 saturated heterocycles. The van der Waals surface area contributed by atoms with Crippen molar-refractivity contribution in [2.24, 2.45) is 5.73 Å². The standard InChI is InChI=1S/C11H10F3NO2/c1-6-2-3-8(16)7(4-6)9(17)5-10(15)11(12,13)14/h2-5,16H,15H2,1H3/b10-5-. The van der Waals surface area contributed by atoms with Crippen molar-refractivity contribution >= 4 is 5.78 Å². The van der Waals surface area contributed by atoms with Gasteiger partial charge >= 0.3 is 6.18 Å². The molecule has 0 amide bonds. The first-order valence-electron chi connectivity index (χ1n) is 4.60. The summed E-state index contributed by atoms with van der Waals surface area (Å²) in [5, 5.41) is 9.35. The lowest BCUT2D eigenvalue weighted by Crippen LogP contribution is -2.20. The Morgan fingerprint density at radius 3 is 2.53 bits per heavy atom. The van der Waals surface area contributed by atoms with Crippen molar-refractivity contribution in [2.45, 2.75) is 13.1 Å². The lowest BCUT2D eigenvalue weighted by Gasteiger charge is -2.06. The summed E-state index contributed by atoms with van der Waals surface area (Å²) in [6.45, 7) is 1.65. The van der Waals surface area contributed by atoms with Crippen LogP contribution in [0.2, 0.25) is 0 Å². The molecule has 0 aliphatic heterocycles. The number of hydrogen-bond donors (Lipinski definition) is 2. The second-order valence-corrected chi connectivity index (χ2v) is 3.48. The van der Waals surface area contributed by atoms with Gasteiger partial charge in [-0.2, -0.15) is 13.2 Å². The number of rotatable bonds is 2. The van der Waals surface area contributed by atoms with E-state index in [0.29, 0.717) is 5.56 Å². The van der Waals surface area contributed by atoms with E-state index < -0.39 is 17.7 Å². The predicted octanol–water partition coefficient (Wildman–Crippen LogP) is 2.29. The summed E-state index contributed by atoms with van der Waals surface area (Å²) in [7, 11) is 0. The van der Waals surface area contributed by atoms with Crippen LogP contribution in [0.1, 0.15) is 15.9 Å². The molecule has 92 valence electrons. The van der Waals surface area contributed by atoms with Crippen LogP contribution in [0.5, 0.6) is 5.75 Å². The Hall–Kier alpha value is -1.98. The third-order valence-electron chi connectivity index (χ3n) is 2.03. The van der Waals surface area contributed by atoms with Crippen molar-refractivity contribution in [1.29, 1.82) is 0 Å². The van der Waals surface area contributed by atoms with Gasteiger partial charge in [0.05, 0.1) is 5.56 Å². The molecular formula is C11H10F3NO2. The fourth-order valence-electron chi connectivity index (χ4n) is 1.15. The summed E-state index contributed by atoms with van der Waals surface area (Å²) in [5.41, 5.74) is 3.65. The number of halogens is 3. The molecule has 17 heavy (non-hydrogen) atoms. The number of aryl methyl sites for hydroxylation is 1. The van der Waals surface area contributed by atoms with Crippen LogP contribution in [-0.2, 0) is 0 Å². The van der Waals surface area contributed by atoms with Crippen LogP contribution in [0, 0.1) is 6.92 Å². The van der Waals surface area contributed by atoms with E-state index in [2.05, 4.69) is 0 Å². The van der Waals surface area contributed by atoms with Gasteiger partial charge in [0.1, 0.15) is 11.4 Å². The molecule has 0 atom stereocenters. The summed E-state index contributed by atoms with van der Waals surface area (Å²) in [6, 6.07) is 4.06. The molecule has 0 saturated carbocycles. The number of ketones is 1. The van der Waals surface area contributed by atoms with Crippen LogP contribution in [-0.4, -0.2) is 17.1 Å². The molecule has 0 fully saturated rings. The van der Waals surface area contributed by atoms with Gasteiger partial charge in [-0.15, -0.1) is 0 Å². The summed E-state index contributed by atoms with van der Waals surface area (Å²) in [6.07, 6.45) is -4.50. The fraction of sp³-hybridized carbons (Fsp3) is 0.182. The Labute approximate surface area is 95.4 Å². The number of benzene rings is 1. The van der Waals surface area contributed by atoms with Crippen LogP contribution in [0.4, 0.5) is 13.2 Å². The Bertz CT molecular complexity index is 478. The SMILES string of the molecule is Cc1ccc(O)c(C(=O)/C=C(\N)C(F)(F)F)c1. The van der Waals surface area contributed by atoms with Gasteiger partial charge in [-0.05, 0) is 19.1 Å². The van der Waals surface area contributed by atoms with Crippen molar-refractivity contribution in [3.8, 4) is 5.75 Å². The van der Waals surface area contributed by atoms with Crippen LogP contribution >= 0.6 is 0 Å². The average Bonchev–Trinajstić information content (AvgIpc) is 2.20. The molecule has 0 aliphatic rings. The Morgan fingerprint density at radius 2 is 2.00 bits per heavy atom. The number of allylic oxidation sites excluding steroid dienone is 2. The number of phenols is 1. The normalized spacial score (nSPS) is 12.6. The van der Waals surface area contributed by atoms with Crippen molar-refractivity contribution in [1.82, 2.24) is 0 Å². The molecule has 3 nitrogen and oxygen atoms in total. The van der Waals surface area contributed by atoms with Crippen molar-refractivity contribution < 1.29 is 23.1 Å². The van der Waals surface area contributed by atoms with Gasteiger partial charge in [0.2, 0.25) is 0 Å². The van der Waals surface area contributed by atoms with Gasteiger partial charge in [-0.3, -0.25) is 4.79 Å². The fourth-order valence-corrected chi connectivity index (χ4v) is 1.15. The minimum absolute atomic E-state index is 0.211. The average molecular weight is 245 g/mol. The molecule has 3 N–H and O–H groups in total. The number of alkyl halides is 3. The van der Waals surface area contributed by atoms with Crippen LogP contribution in [0.3, 0.4) is 0 Å². The van der Waals surface area contributed by atoms with E-state index in [1.807, 2.05) is 0 Å². The summed E-state index contributed by atoms with van der Waals surface area (Å²) in [4.78, 5) is 11.5. The lowest BCUT2D eigenvalue weighted by atomic mass is 10.1. The zero-order valence-electron chi connectivity index (χ0n) is 8.88. The molecule has 0 aliphatic carbocycles. The quantitative estimate of drug-likeness (QED) is 0.620. The highest BCUT2D eigenvalue weighted by Gasteiger charge is 2.32. The van der Waals surface area contributed by atoms with E-state index in [-0.39, 0.29) is 17.4 Å². The third kappa shape index (κ3) is 3.24. The number of aromatic hydroxyl groups is 1. The van der Waals surface area contributed by atoms with E-state index in [9.17, 15) is 23.1 Å². The molecule has 0 aromatic heterocycles. The maximum atomic E-state index is 12.1. The van der Waals surface area contributed by atoms with Gasteiger partial charge in [-0.25, -0.2) is 0 Å². The third-order valence-corrected chi connectivity index (χ3v) is 2.03. The highest BCUT2D eigenvalue weighted by Crippen LogP contribution is 2.24. The second kappa shape index (κ2) is 4.48. The minimum atomic E-state index is -4.75. The zero-order chi connectivity index (χ0) is 13.2. The largest absolute Gasteiger partial charge is 0.507 e. The molecule has 0 unspecified atom stereocenters. The van der Waals surface area contributed by atoms with Gasteiger partial charge < -0.3 is 10.8 Å². The van der Waals surface area contributed by atoms with Gasteiger partial charge in [0.25, 0.3) is 0 Å². The number of phenolic OH excluding ortho intramolecular Hbond substituents is 1. The van der Waals surface area contributed by atoms with Crippen molar-refractivity contribution in [2.75, 3.05) is 0 Å². The van der Waals surface area contributed by atoms with E-state index in [4.69, 9.17) is 5.73 Å². The topological polar surface area (TPSA) is 63.3 Å². The predicted molar refractivity (Wildman–Crippen MR) is 55.5 cm³/mol. The van der Waals surface area contributed by atoms with Gasteiger partial charge in [-0.1, -0.05) is 11.6 Å². The molecular weight excluding hydrogens is 235 g/mol. The first kappa shape index (κ1) is 13.1. The molecule has 0 bridgehead atoms. The zero-order valence-corrected chi connectivity index (χ0v) is 8.88. The number of hydrogen-bond acceptors (Lipinski definition) is 3. The Balaban J connectivity index is 3.10. The van der Waals surface area contributed by atoms with Crippen LogP contribution < -0.4 is 5.73 Å². The van der Waals surface area contributed by atoms with E-state index in [1.54, 1.807) is 6.92 Å². The van der Waals surface area contributed by atoms with E-state index in [0.717, 1.165) is 0 Å². The Kier molecular flexibility index (Phi) is 3.45. The van der Waals surface area contributed by atoms with Crippen LogP contribution in [0.25, 0.3) is 0 Å². The second-order valence-electron chi connectivity index (χ2n) is 3.48. The highest BCUT2D eigenvalue weighted by molar-refractivity contribution is 6.06. The smallest absolute Gasteiger partial charge is 0.430 e. The van der Waals surface area contributed by atoms with E-state index in [1.165, 1.54) is 18.2 Å². The molecule has 6 heteroatoms. The first-order chi connectivity index (χ1) is 7.71. The molecule has 1 aromatic carbocycles. The number of nitrogens with two attached hydrogens (primary N) is 1. The van der Waals surface area contributed by atoms with Crippen LogP contribution in [0.15, 0.2) is 30.0 Å². The molecule has 1 aromatic rings. The summed E-state index contributed by atoms with van der Waals surface area (Å²) in [5.74, 6) is -1.37. The Morgan fingerprint density at radius 1 is 1.41 bits per heavy atom. The maximum Gasteiger partial charge on any atom is 0.430 e. The number of carbonyl (C=O) groups excluding carboxylic acids is 1. The van der Waals surface area contributed by atoms with Crippen molar-refractivity contribution in [3.05, 3.63) is 41.1 Å². The molecule has 1 rings (SSSR count). The highest BCUT2D eigenvalue weighted by atomic mass is 19.4. The summed E-state index contributed by atoms with van der Waals surface area (Å²) < 4.78 is 36.3. The molecule has 0 heterocycles. The first-order valence-corrected chi connectivity index (χ1v) is 4.60. The molecule has 0 spiro atoms. The van der Waals surface area contributed by atoms with Gasteiger partial charge in [0, 0.05) is 6.08 Å². The lowest BCUT2D eigenvalue weighted by molar-refractivity contribution is -0.0927. The minimum Gasteiger partial charge on any atom is -0.507 e. The number of carbonyl (C=O) groups is 1.